The number of carbonyl (C=O) groups excluding carboxylic acids is 4. The SMILES string of the molecule is CC1(C)Oc2ccc3c(=O)c4ccccc4oc3c2[C@@H](OC(=O)C23CCC(C)(C(=O)O2)C3(C)C)[C@H]1OC(=O)C12CCC(C)(C(=O)O1)C2(C)C. The van der Waals surface area contributed by atoms with Crippen LogP contribution in [0.3, 0.4) is 0 Å². The summed E-state index contributed by atoms with van der Waals surface area (Å²) in [6.45, 7) is 14.3. The average molecular weight is 673 g/mol. The molecule has 0 spiro atoms. The number of para-hydroxylation sites is 1. The van der Waals surface area contributed by atoms with Crippen LogP contribution in [0.5, 0.6) is 5.75 Å². The lowest BCUT2D eigenvalue weighted by Gasteiger charge is -2.45. The van der Waals surface area contributed by atoms with Gasteiger partial charge in [0.1, 0.15) is 22.5 Å². The van der Waals surface area contributed by atoms with Gasteiger partial charge in [0.25, 0.3) is 0 Å². The number of ether oxygens (including phenoxy) is 5. The molecule has 5 aliphatic rings. The summed E-state index contributed by atoms with van der Waals surface area (Å²) < 4.78 is 37.4. The first-order valence-electron chi connectivity index (χ1n) is 16.8. The molecule has 8 rings (SSSR count). The molecule has 4 fully saturated rings. The third-order valence-corrected chi connectivity index (χ3v) is 13.7. The molecule has 6 atom stereocenters. The lowest BCUT2D eigenvalue weighted by molar-refractivity contribution is -0.217. The second kappa shape index (κ2) is 9.22. The van der Waals surface area contributed by atoms with Gasteiger partial charge in [-0.05, 0) is 77.6 Å². The maximum absolute atomic E-state index is 14.6. The van der Waals surface area contributed by atoms with Crippen LogP contribution in [-0.4, -0.2) is 46.8 Å². The van der Waals surface area contributed by atoms with Crippen LogP contribution in [0.4, 0.5) is 0 Å². The molecular formula is C38H40O11. The fraction of sp³-hybridized carbons (Fsp3) is 0.553. The van der Waals surface area contributed by atoms with Crippen LogP contribution in [0.15, 0.2) is 45.6 Å². The minimum atomic E-state index is -1.61. The van der Waals surface area contributed by atoms with Gasteiger partial charge in [0.15, 0.2) is 12.2 Å². The highest BCUT2D eigenvalue weighted by molar-refractivity contribution is 5.96. The minimum Gasteiger partial charge on any atom is -0.483 e. The highest BCUT2D eigenvalue weighted by Gasteiger charge is 2.78. The van der Waals surface area contributed by atoms with Gasteiger partial charge in [0, 0.05) is 10.8 Å². The Morgan fingerprint density at radius 3 is 1.76 bits per heavy atom. The number of hydrogen-bond acceptors (Lipinski definition) is 11. The maximum atomic E-state index is 14.6. The van der Waals surface area contributed by atoms with Crippen molar-refractivity contribution < 1.29 is 47.3 Å². The van der Waals surface area contributed by atoms with Crippen molar-refractivity contribution >= 4 is 45.8 Å². The van der Waals surface area contributed by atoms with Crippen molar-refractivity contribution in [2.45, 2.75) is 110 Å². The van der Waals surface area contributed by atoms with Gasteiger partial charge >= 0.3 is 23.9 Å². The standard InChI is InChI=1S/C38H40O11/c1-32(2)27(46-31(43)38-18-16-36(8,29(41)49-38)34(38,5)6)26(45-30(42)37-17-15-35(7,28(40)48-37)33(37,3)4)23-22(47-32)14-13-20-24(39)19-11-9-10-12-21(19)44-25(20)23/h9-14,26-27H,15-18H2,1-8H3/t26-,27-,35?,36?,37?,38?/m1/s1. The van der Waals surface area contributed by atoms with Gasteiger partial charge < -0.3 is 28.1 Å². The summed E-state index contributed by atoms with van der Waals surface area (Å²) in [6.07, 6.45) is -1.35. The van der Waals surface area contributed by atoms with E-state index in [9.17, 15) is 24.0 Å². The monoisotopic (exact) mass is 672 g/mol. The Balaban J connectivity index is 1.30. The topological polar surface area (TPSA) is 145 Å². The van der Waals surface area contributed by atoms with Crippen molar-refractivity contribution in [2.24, 2.45) is 21.7 Å². The average Bonchev–Trinajstić information content (AvgIpc) is 3.50. The summed E-state index contributed by atoms with van der Waals surface area (Å²) in [6, 6.07) is 9.99. The van der Waals surface area contributed by atoms with Crippen LogP contribution < -0.4 is 10.2 Å². The van der Waals surface area contributed by atoms with E-state index in [-0.39, 0.29) is 40.6 Å². The molecule has 4 unspecified atom stereocenters. The predicted molar refractivity (Wildman–Crippen MR) is 173 cm³/mol. The van der Waals surface area contributed by atoms with Gasteiger partial charge in [-0.25, -0.2) is 9.59 Å². The zero-order chi connectivity index (χ0) is 35.3. The van der Waals surface area contributed by atoms with E-state index in [1.165, 1.54) is 0 Å². The molecule has 2 saturated heterocycles. The number of rotatable bonds is 4. The van der Waals surface area contributed by atoms with Crippen LogP contribution in [0.25, 0.3) is 21.9 Å². The third kappa shape index (κ3) is 3.51. The number of benzene rings is 2. The van der Waals surface area contributed by atoms with Crippen LogP contribution in [0.1, 0.15) is 92.7 Å². The fourth-order valence-corrected chi connectivity index (χ4v) is 9.23. The van der Waals surface area contributed by atoms with E-state index in [1.807, 2.05) is 27.7 Å². The molecule has 1 aromatic heterocycles. The minimum absolute atomic E-state index is 0.103. The van der Waals surface area contributed by atoms with Gasteiger partial charge in [-0.2, -0.15) is 0 Å². The normalized spacial score (nSPS) is 35.8. The Morgan fingerprint density at radius 1 is 0.673 bits per heavy atom. The van der Waals surface area contributed by atoms with Crippen LogP contribution >= 0.6 is 0 Å². The largest absolute Gasteiger partial charge is 0.483 e. The van der Waals surface area contributed by atoms with E-state index in [1.54, 1.807) is 64.1 Å². The molecule has 11 heteroatoms. The lowest BCUT2D eigenvalue weighted by Crippen LogP contribution is -2.57. The van der Waals surface area contributed by atoms with Gasteiger partial charge in [-0.15, -0.1) is 0 Å². The van der Waals surface area contributed by atoms with Crippen LogP contribution in [0.2, 0.25) is 0 Å². The van der Waals surface area contributed by atoms with E-state index in [0.29, 0.717) is 23.8 Å². The Morgan fingerprint density at radius 2 is 1.22 bits per heavy atom. The predicted octanol–water partition coefficient (Wildman–Crippen LogP) is 5.86. The zero-order valence-corrected chi connectivity index (χ0v) is 28.9. The Labute approximate surface area is 282 Å². The molecular weight excluding hydrogens is 632 g/mol. The first-order chi connectivity index (χ1) is 22.8. The summed E-state index contributed by atoms with van der Waals surface area (Å²) in [5.41, 5.74) is -7.85. The molecule has 0 amide bonds. The van der Waals surface area contributed by atoms with Crippen LogP contribution in [0, 0.1) is 21.7 Å². The maximum Gasteiger partial charge on any atom is 0.351 e. The molecule has 2 saturated carbocycles. The van der Waals surface area contributed by atoms with Crippen molar-refractivity contribution in [3.63, 3.8) is 0 Å². The Hall–Kier alpha value is -4.41. The second-order valence-corrected chi connectivity index (χ2v) is 16.5. The summed E-state index contributed by atoms with van der Waals surface area (Å²) in [5.74, 6) is -2.28. The fourth-order valence-electron chi connectivity index (χ4n) is 9.23. The van der Waals surface area contributed by atoms with Gasteiger partial charge in [0.2, 0.25) is 16.6 Å². The number of esters is 4. The second-order valence-electron chi connectivity index (χ2n) is 16.5. The van der Waals surface area contributed by atoms with Crippen molar-refractivity contribution in [3.8, 4) is 5.75 Å². The third-order valence-electron chi connectivity index (χ3n) is 13.7. The van der Waals surface area contributed by atoms with Gasteiger partial charge in [-0.1, -0.05) is 39.8 Å². The van der Waals surface area contributed by atoms with Crippen molar-refractivity contribution in [2.75, 3.05) is 0 Å². The Bertz CT molecular complexity index is 2110. The van der Waals surface area contributed by atoms with Gasteiger partial charge in [-0.3, -0.25) is 14.4 Å². The quantitative estimate of drug-likeness (QED) is 0.187. The first kappa shape index (κ1) is 31.8. The molecule has 11 nitrogen and oxygen atoms in total. The van der Waals surface area contributed by atoms with E-state index in [4.69, 9.17) is 28.1 Å². The van der Waals surface area contributed by atoms with Crippen molar-refractivity contribution in [3.05, 3.63) is 52.2 Å². The van der Waals surface area contributed by atoms with E-state index >= 15 is 0 Å². The molecule has 2 aromatic carbocycles. The highest BCUT2D eigenvalue weighted by atomic mass is 16.7. The summed E-state index contributed by atoms with van der Waals surface area (Å²) >= 11 is 0. The molecule has 4 bridgehead atoms. The van der Waals surface area contributed by atoms with Crippen molar-refractivity contribution in [1.29, 1.82) is 0 Å². The summed E-state index contributed by atoms with van der Waals surface area (Å²) in [4.78, 5) is 69.0. The van der Waals surface area contributed by atoms with E-state index in [2.05, 4.69) is 0 Å². The number of carbonyl (C=O) groups is 4. The number of hydrogen-bond donors (Lipinski definition) is 0. The molecule has 3 aromatic rings. The van der Waals surface area contributed by atoms with E-state index in [0.717, 1.165) is 0 Å². The van der Waals surface area contributed by atoms with Crippen molar-refractivity contribution in [1.82, 2.24) is 0 Å². The zero-order valence-electron chi connectivity index (χ0n) is 28.9. The smallest absolute Gasteiger partial charge is 0.351 e. The molecule has 49 heavy (non-hydrogen) atoms. The highest BCUT2D eigenvalue weighted by Crippen LogP contribution is 2.67. The molecule has 258 valence electrons. The molecule has 2 aliphatic carbocycles. The first-order valence-corrected chi connectivity index (χ1v) is 16.8. The molecule has 0 radical (unpaired) electrons. The lowest BCUT2D eigenvalue weighted by atomic mass is 9.66. The van der Waals surface area contributed by atoms with E-state index < -0.39 is 74.5 Å². The molecule has 0 N–H and O–H groups in total. The number of fused-ring (bicyclic) bond motifs is 8. The van der Waals surface area contributed by atoms with Crippen LogP contribution in [-0.2, 0) is 38.1 Å². The Kier molecular flexibility index (Phi) is 5.99. The van der Waals surface area contributed by atoms with Gasteiger partial charge in [0.05, 0.1) is 27.2 Å². The summed E-state index contributed by atoms with van der Waals surface area (Å²) in [5, 5.41) is 0.572. The molecule has 4 heterocycles. The summed E-state index contributed by atoms with van der Waals surface area (Å²) in [7, 11) is 0. The molecule has 3 aliphatic heterocycles.